The minimum Gasteiger partial charge on any atom is -0.507 e. The number of ether oxygens (including phenoxy) is 1. The van der Waals surface area contributed by atoms with Crippen molar-refractivity contribution < 1.29 is 23.8 Å². The second-order valence-electron chi connectivity index (χ2n) is 8.57. The maximum absolute atomic E-state index is 13.6. The quantitative estimate of drug-likeness (QED) is 0.309. The van der Waals surface area contributed by atoms with Crippen LogP contribution in [0.3, 0.4) is 0 Å². The number of nitrogens with zero attached hydrogens (tertiary/aromatic N) is 2. The molecule has 1 saturated heterocycles. The summed E-state index contributed by atoms with van der Waals surface area (Å²) in [5, 5.41) is 11.1. The zero-order valence-electron chi connectivity index (χ0n) is 18.9. The Morgan fingerprint density at radius 3 is 2.41 bits per heavy atom. The highest BCUT2D eigenvalue weighted by atomic mass is 19.1. The van der Waals surface area contributed by atoms with Crippen LogP contribution in [0.1, 0.15) is 36.6 Å². The van der Waals surface area contributed by atoms with Crippen molar-refractivity contribution >= 4 is 17.4 Å². The van der Waals surface area contributed by atoms with E-state index >= 15 is 0 Å². The molecule has 1 aliphatic heterocycles. The van der Waals surface area contributed by atoms with Crippen LogP contribution in [-0.4, -0.2) is 33.3 Å². The molecule has 0 bridgehead atoms. The number of hydrogen-bond donors (Lipinski definition) is 1. The van der Waals surface area contributed by atoms with Crippen LogP contribution in [0.2, 0.25) is 0 Å². The number of aliphatic hydroxyl groups excluding tert-OH is 1. The number of aromatic nitrogens is 1. The minimum absolute atomic E-state index is 0.0450. The van der Waals surface area contributed by atoms with Crippen LogP contribution < -0.4 is 4.74 Å². The summed E-state index contributed by atoms with van der Waals surface area (Å²) in [7, 11) is 0. The highest BCUT2D eigenvalue weighted by Crippen LogP contribution is 2.40. The number of hydrogen-bond acceptors (Lipinski definition) is 5. The fourth-order valence-corrected chi connectivity index (χ4v) is 3.85. The fraction of sp³-hybridized carbons (Fsp3) is 0.222. The first-order valence-electron chi connectivity index (χ1n) is 11.0. The number of aliphatic hydroxyl groups is 1. The molecule has 1 amide bonds. The average Bonchev–Trinajstić information content (AvgIpc) is 3.08. The zero-order chi connectivity index (χ0) is 24.2. The van der Waals surface area contributed by atoms with Crippen LogP contribution in [0.4, 0.5) is 4.39 Å². The lowest BCUT2D eigenvalue weighted by Gasteiger charge is -2.25. The van der Waals surface area contributed by atoms with E-state index in [0.717, 1.165) is 5.56 Å². The van der Waals surface area contributed by atoms with E-state index in [1.54, 1.807) is 48.8 Å². The van der Waals surface area contributed by atoms with Crippen LogP contribution >= 0.6 is 0 Å². The Morgan fingerprint density at radius 1 is 1.09 bits per heavy atom. The zero-order valence-corrected chi connectivity index (χ0v) is 18.9. The third kappa shape index (κ3) is 4.83. The summed E-state index contributed by atoms with van der Waals surface area (Å²) in [6.07, 6.45) is 3.22. The van der Waals surface area contributed by atoms with Gasteiger partial charge in [0.25, 0.3) is 11.7 Å². The minimum atomic E-state index is -0.877. The van der Waals surface area contributed by atoms with Crippen molar-refractivity contribution in [3.05, 3.63) is 101 Å². The number of likely N-dealkylation sites (tertiary alicyclic amines) is 1. The van der Waals surface area contributed by atoms with Gasteiger partial charge in [-0.15, -0.1) is 0 Å². The van der Waals surface area contributed by atoms with Gasteiger partial charge in [0.2, 0.25) is 0 Å². The molecule has 174 valence electrons. The van der Waals surface area contributed by atoms with Gasteiger partial charge in [-0.1, -0.05) is 32.0 Å². The molecule has 2 aromatic carbocycles. The fourth-order valence-electron chi connectivity index (χ4n) is 3.85. The molecule has 2 heterocycles. The molecular formula is C27H25FN2O4. The molecule has 1 N–H and O–H groups in total. The van der Waals surface area contributed by atoms with E-state index < -0.39 is 23.5 Å². The van der Waals surface area contributed by atoms with Gasteiger partial charge in [-0.3, -0.25) is 14.6 Å². The van der Waals surface area contributed by atoms with E-state index in [4.69, 9.17) is 4.74 Å². The first-order chi connectivity index (χ1) is 16.3. The molecule has 0 saturated carbocycles. The van der Waals surface area contributed by atoms with Crippen molar-refractivity contribution in [1.82, 2.24) is 9.88 Å². The molecule has 34 heavy (non-hydrogen) atoms. The smallest absolute Gasteiger partial charge is 0.295 e. The summed E-state index contributed by atoms with van der Waals surface area (Å²) in [6.45, 7) is 4.74. The summed E-state index contributed by atoms with van der Waals surface area (Å²) in [6, 6.07) is 14.9. The Bertz CT molecular complexity index is 1210. The molecule has 1 aliphatic rings. The molecule has 6 nitrogen and oxygen atoms in total. The van der Waals surface area contributed by atoms with Gasteiger partial charge in [0.1, 0.15) is 17.3 Å². The Kier molecular flexibility index (Phi) is 6.72. The second-order valence-corrected chi connectivity index (χ2v) is 8.57. The highest BCUT2D eigenvalue weighted by Gasteiger charge is 2.46. The first-order valence-corrected chi connectivity index (χ1v) is 11.0. The van der Waals surface area contributed by atoms with Crippen LogP contribution in [0.25, 0.3) is 5.76 Å². The molecule has 3 aromatic rings. The molecule has 0 spiro atoms. The molecule has 1 atom stereocenters. The SMILES string of the molecule is CC(C)COc1ccc(/C(O)=C2\C(=O)C(=O)N(Cc3cccnc3)[C@@H]2c2ccc(F)cc2)cc1. The normalized spacial score (nSPS) is 17.4. The van der Waals surface area contributed by atoms with Gasteiger partial charge in [-0.25, -0.2) is 4.39 Å². The van der Waals surface area contributed by atoms with Crippen LogP contribution in [-0.2, 0) is 16.1 Å². The molecule has 0 aliphatic carbocycles. The highest BCUT2D eigenvalue weighted by molar-refractivity contribution is 6.46. The summed E-state index contributed by atoms with van der Waals surface area (Å²) >= 11 is 0. The van der Waals surface area contributed by atoms with Crippen LogP contribution in [0, 0.1) is 11.7 Å². The summed E-state index contributed by atoms with van der Waals surface area (Å²) < 4.78 is 19.3. The Hall–Kier alpha value is -4.00. The van der Waals surface area contributed by atoms with Gasteiger partial charge in [0.05, 0.1) is 18.2 Å². The van der Waals surface area contributed by atoms with Crippen molar-refractivity contribution in [2.45, 2.75) is 26.4 Å². The second kappa shape index (κ2) is 9.87. The lowest BCUT2D eigenvalue weighted by Crippen LogP contribution is -2.29. The monoisotopic (exact) mass is 460 g/mol. The molecule has 7 heteroatoms. The number of amides is 1. The number of Topliss-reactive ketones (excluding diaryl/α,β-unsaturated/α-hetero) is 1. The van der Waals surface area contributed by atoms with E-state index in [-0.39, 0.29) is 17.9 Å². The standard InChI is InChI=1S/C27H25FN2O4/c1-17(2)16-34-22-11-7-20(8-12-22)25(31)23-24(19-5-9-21(28)10-6-19)30(27(33)26(23)32)15-18-4-3-13-29-14-18/h3-14,17,24,31H,15-16H2,1-2H3/b25-23+/t24-/m1/s1. The number of halogens is 1. The van der Waals surface area contributed by atoms with Gasteiger partial charge in [0, 0.05) is 24.5 Å². The molecule has 4 rings (SSSR count). The van der Waals surface area contributed by atoms with Crippen molar-refractivity contribution in [3.8, 4) is 5.75 Å². The first kappa shape index (κ1) is 23.2. The third-order valence-electron chi connectivity index (χ3n) is 5.51. The molecule has 1 aromatic heterocycles. The number of pyridine rings is 1. The third-order valence-corrected chi connectivity index (χ3v) is 5.51. The van der Waals surface area contributed by atoms with E-state index in [9.17, 15) is 19.1 Å². The van der Waals surface area contributed by atoms with E-state index in [0.29, 0.717) is 29.4 Å². The Balaban J connectivity index is 1.75. The van der Waals surface area contributed by atoms with E-state index in [2.05, 4.69) is 4.98 Å². The molecule has 1 fully saturated rings. The maximum atomic E-state index is 13.6. The average molecular weight is 461 g/mol. The van der Waals surface area contributed by atoms with E-state index in [1.807, 2.05) is 13.8 Å². The number of carbonyl (C=O) groups is 2. The number of rotatable bonds is 7. The van der Waals surface area contributed by atoms with Crippen molar-refractivity contribution in [3.63, 3.8) is 0 Å². The number of carbonyl (C=O) groups excluding carboxylic acids is 2. The lowest BCUT2D eigenvalue weighted by atomic mass is 9.95. The van der Waals surface area contributed by atoms with Gasteiger partial charge in [0.15, 0.2) is 0 Å². The maximum Gasteiger partial charge on any atom is 0.295 e. The summed E-state index contributed by atoms with van der Waals surface area (Å²) in [5.41, 5.74) is 1.57. The predicted octanol–water partition coefficient (Wildman–Crippen LogP) is 4.88. The number of benzene rings is 2. The molecular weight excluding hydrogens is 435 g/mol. The van der Waals surface area contributed by atoms with Gasteiger partial charge in [-0.05, 0) is 59.5 Å². The van der Waals surface area contributed by atoms with Crippen molar-refractivity contribution in [2.24, 2.45) is 5.92 Å². The molecule has 0 radical (unpaired) electrons. The Morgan fingerprint density at radius 2 is 1.79 bits per heavy atom. The van der Waals surface area contributed by atoms with E-state index in [1.165, 1.54) is 29.2 Å². The lowest BCUT2D eigenvalue weighted by molar-refractivity contribution is -0.140. The molecule has 0 unspecified atom stereocenters. The largest absolute Gasteiger partial charge is 0.507 e. The van der Waals surface area contributed by atoms with Crippen molar-refractivity contribution in [2.75, 3.05) is 6.61 Å². The summed E-state index contributed by atoms with van der Waals surface area (Å²) in [4.78, 5) is 31.6. The van der Waals surface area contributed by atoms with Crippen LogP contribution in [0.5, 0.6) is 5.75 Å². The van der Waals surface area contributed by atoms with Gasteiger partial charge >= 0.3 is 0 Å². The van der Waals surface area contributed by atoms with Gasteiger partial charge < -0.3 is 14.7 Å². The number of ketones is 1. The summed E-state index contributed by atoms with van der Waals surface area (Å²) in [5.74, 6) is -1.27. The topological polar surface area (TPSA) is 79.7 Å². The predicted molar refractivity (Wildman–Crippen MR) is 125 cm³/mol. The van der Waals surface area contributed by atoms with Crippen molar-refractivity contribution in [1.29, 1.82) is 0 Å². The van der Waals surface area contributed by atoms with Crippen LogP contribution in [0.15, 0.2) is 78.6 Å². The Labute approximate surface area is 197 Å². The van der Waals surface area contributed by atoms with Gasteiger partial charge in [-0.2, -0.15) is 0 Å².